The third-order valence-corrected chi connectivity index (χ3v) is 2.83. The Morgan fingerprint density at radius 1 is 1.40 bits per heavy atom. The molecule has 1 N–H and O–H groups in total. The van der Waals surface area contributed by atoms with Crippen molar-refractivity contribution >= 4 is 11.8 Å². The lowest BCUT2D eigenvalue weighted by atomic mass is 10.1. The van der Waals surface area contributed by atoms with Gasteiger partial charge in [0.15, 0.2) is 0 Å². The van der Waals surface area contributed by atoms with Crippen molar-refractivity contribution in [2.45, 2.75) is 13.3 Å². The second kappa shape index (κ2) is 8.09. The molecule has 108 valence electrons. The molecule has 0 atom stereocenters. The number of amides is 2. The number of carbonyl (C=O) groups excluding carboxylic acids is 2. The Labute approximate surface area is 118 Å². The first-order chi connectivity index (χ1) is 9.54. The number of nitrogens with zero attached hydrogens (tertiary/aromatic N) is 1. The third kappa shape index (κ3) is 5.22. The van der Waals surface area contributed by atoms with Crippen LogP contribution in [0.3, 0.4) is 0 Å². The topological polar surface area (TPSA) is 49.4 Å². The van der Waals surface area contributed by atoms with Crippen LogP contribution >= 0.6 is 0 Å². The first-order valence-electron chi connectivity index (χ1n) is 6.41. The molecule has 1 aromatic rings. The summed E-state index contributed by atoms with van der Waals surface area (Å²) < 4.78 is 13.5. The van der Waals surface area contributed by atoms with Gasteiger partial charge in [0.05, 0.1) is 6.54 Å². The first-order valence-corrected chi connectivity index (χ1v) is 6.41. The Morgan fingerprint density at radius 3 is 2.70 bits per heavy atom. The van der Waals surface area contributed by atoms with Gasteiger partial charge in [0.1, 0.15) is 5.82 Å². The van der Waals surface area contributed by atoms with Gasteiger partial charge >= 0.3 is 0 Å². The minimum absolute atomic E-state index is 0.0301. The highest BCUT2D eigenvalue weighted by atomic mass is 19.1. The van der Waals surface area contributed by atoms with E-state index in [2.05, 4.69) is 11.9 Å². The van der Waals surface area contributed by atoms with E-state index in [1.807, 2.05) is 0 Å². The lowest BCUT2D eigenvalue weighted by Gasteiger charge is -2.20. The van der Waals surface area contributed by atoms with E-state index in [4.69, 9.17) is 0 Å². The van der Waals surface area contributed by atoms with Crippen molar-refractivity contribution in [1.82, 2.24) is 10.2 Å². The summed E-state index contributed by atoms with van der Waals surface area (Å²) >= 11 is 0. The van der Waals surface area contributed by atoms with Crippen LogP contribution in [0.15, 0.2) is 36.9 Å². The van der Waals surface area contributed by atoms with Crippen molar-refractivity contribution in [2.24, 2.45) is 0 Å². The van der Waals surface area contributed by atoms with E-state index in [-0.39, 0.29) is 24.2 Å². The summed E-state index contributed by atoms with van der Waals surface area (Å²) in [6.45, 7) is 5.52. The van der Waals surface area contributed by atoms with Crippen molar-refractivity contribution in [1.29, 1.82) is 0 Å². The van der Waals surface area contributed by atoms with E-state index >= 15 is 0 Å². The van der Waals surface area contributed by atoms with Gasteiger partial charge in [0.2, 0.25) is 11.8 Å². The van der Waals surface area contributed by atoms with Gasteiger partial charge in [-0.1, -0.05) is 24.3 Å². The van der Waals surface area contributed by atoms with Crippen LogP contribution in [0, 0.1) is 5.82 Å². The number of halogens is 1. The van der Waals surface area contributed by atoms with Crippen molar-refractivity contribution < 1.29 is 14.0 Å². The lowest BCUT2D eigenvalue weighted by Crippen LogP contribution is -2.40. The van der Waals surface area contributed by atoms with Crippen LogP contribution in [-0.4, -0.2) is 36.3 Å². The molecule has 0 aliphatic rings. The summed E-state index contributed by atoms with van der Waals surface area (Å²) in [5.41, 5.74) is 0.533. The standard InChI is InChI=1S/C15H19FN2O2/c1-3-9-17-15(20)11-18(12(2)19)10-8-13-6-4-5-7-14(13)16/h3-7H,1,8-11H2,2H3,(H,17,20). The summed E-state index contributed by atoms with van der Waals surface area (Å²) in [4.78, 5) is 24.5. The van der Waals surface area contributed by atoms with Gasteiger partial charge in [-0.2, -0.15) is 0 Å². The van der Waals surface area contributed by atoms with E-state index in [1.54, 1.807) is 24.3 Å². The molecule has 2 amide bonds. The Balaban J connectivity index is 2.55. The van der Waals surface area contributed by atoms with Gasteiger partial charge in [0.25, 0.3) is 0 Å². The number of hydrogen-bond donors (Lipinski definition) is 1. The molecule has 0 aliphatic carbocycles. The maximum absolute atomic E-state index is 13.5. The summed E-state index contributed by atoms with van der Waals surface area (Å²) in [5.74, 6) is -0.768. The minimum Gasteiger partial charge on any atom is -0.351 e. The van der Waals surface area contributed by atoms with Crippen LogP contribution in [0.25, 0.3) is 0 Å². The Kier molecular flexibility index (Phi) is 6.43. The average molecular weight is 278 g/mol. The SMILES string of the molecule is C=CCNC(=O)CN(CCc1ccccc1F)C(C)=O. The molecule has 4 nitrogen and oxygen atoms in total. The zero-order chi connectivity index (χ0) is 15.0. The van der Waals surface area contributed by atoms with E-state index in [9.17, 15) is 14.0 Å². The van der Waals surface area contributed by atoms with Crippen molar-refractivity contribution in [3.8, 4) is 0 Å². The highest BCUT2D eigenvalue weighted by Crippen LogP contribution is 2.08. The smallest absolute Gasteiger partial charge is 0.239 e. The van der Waals surface area contributed by atoms with Crippen LogP contribution in [-0.2, 0) is 16.0 Å². The van der Waals surface area contributed by atoms with Gasteiger partial charge in [-0.15, -0.1) is 6.58 Å². The summed E-state index contributed by atoms with van der Waals surface area (Å²) in [6, 6.07) is 6.41. The molecule has 5 heteroatoms. The molecule has 0 bridgehead atoms. The average Bonchev–Trinajstić information content (AvgIpc) is 2.42. The number of rotatable bonds is 7. The monoisotopic (exact) mass is 278 g/mol. The van der Waals surface area contributed by atoms with E-state index in [0.29, 0.717) is 25.1 Å². The molecule has 0 spiro atoms. The fraction of sp³-hybridized carbons (Fsp3) is 0.333. The zero-order valence-corrected chi connectivity index (χ0v) is 11.6. The molecule has 0 aromatic heterocycles. The quantitative estimate of drug-likeness (QED) is 0.769. The second-order valence-corrected chi connectivity index (χ2v) is 4.37. The van der Waals surface area contributed by atoms with Crippen molar-refractivity contribution in [2.75, 3.05) is 19.6 Å². The highest BCUT2D eigenvalue weighted by molar-refractivity contribution is 5.83. The minimum atomic E-state index is -0.299. The molecule has 1 aromatic carbocycles. The second-order valence-electron chi connectivity index (χ2n) is 4.37. The summed E-state index contributed by atoms with van der Waals surface area (Å²) in [6.07, 6.45) is 1.94. The first kappa shape index (κ1) is 15.9. The van der Waals surface area contributed by atoms with Crippen LogP contribution in [0.2, 0.25) is 0 Å². The third-order valence-electron chi connectivity index (χ3n) is 2.83. The Morgan fingerprint density at radius 2 is 2.10 bits per heavy atom. The van der Waals surface area contributed by atoms with Gasteiger partial charge < -0.3 is 10.2 Å². The molecule has 0 aliphatic heterocycles. The van der Waals surface area contributed by atoms with Gasteiger partial charge in [-0.3, -0.25) is 9.59 Å². The zero-order valence-electron chi connectivity index (χ0n) is 11.6. The number of nitrogens with one attached hydrogen (secondary N) is 1. The van der Waals surface area contributed by atoms with Crippen LogP contribution in [0.4, 0.5) is 4.39 Å². The largest absolute Gasteiger partial charge is 0.351 e. The van der Waals surface area contributed by atoms with Crippen LogP contribution in [0.5, 0.6) is 0 Å². The molecular weight excluding hydrogens is 259 g/mol. The number of hydrogen-bond acceptors (Lipinski definition) is 2. The van der Waals surface area contributed by atoms with E-state index in [1.165, 1.54) is 17.9 Å². The van der Waals surface area contributed by atoms with Gasteiger partial charge in [-0.05, 0) is 18.1 Å². The van der Waals surface area contributed by atoms with Crippen molar-refractivity contribution in [3.63, 3.8) is 0 Å². The molecule has 0 fully saturated rings. The van der Waals surface area contributed by atoms with Gasteiger partial charge in [-0.25, -0.2) is 4.39 Å². The molecule has 0 unspecified atom stereocenters. The highest BCUT2D eigenvalue weighted by Gasteiger charge is 2.13. The fourth-order valence-electron chi connectivity index (χ4n) is 1.72. The molecule has 0 saturated carbocycles. The Bertz CT molecular complexity index is 489. The predicted molar refractivity (Wildman–Crippen MR) is 75.6 cm³/mol. The summed E-state index contributed by atoms with van der Waals surface area (Å²) in [7, 11) is 0. The summed E-state index contributed by atoms with van der Waals surface area (Å²) in [5, 5.41) is 2.60. The fourth-order valence-corrected chi connectivity index (χ4v) is 1.72. The molecule has 1 rings (SSSR count). The van der Waals surface area contributed by atoms with E-state index < -0.39 is 0 Å². The Hall–Kier alpha value is -2.17. The lowest BCUT2D eigenvalue weighted by molar-refractivity contribution is -0.134. The molecular formula is C15H19FN2O2. The maximum atomic E-state index is 13.5. The number of benzene rings is 1. The molecule has 0 saturated heterocycles. The van der Waals surface area contributed by atoms with Gasteiger partial charge in [0, 0.05) is 20.0 Å². The van der Waals surface area contributed by atoms with E-state index in [0.717, 1.165) is 0 Å². The molecule has 0 heterocycles. The normalized spacial score (nSPS) is 9.90. The van der Waals surface area contributed by atoms with Crippen LogP contribution < -0.4 is 5.32 Å². The predicted octanol–water partition coefficient (Wildman–Crippen LogP) is 1.52. The maximum Gasteiger partial charge on any atom is 0.239 e. The van der Waals surface area contributed by atoms with Crippen molar-refractivity contribution in [3.05, 3.63) is 48.3 Å². The molecule has 20 heavy (non-hydrogen) atoms. The number of carbonyl (C=O) groups is 2. The molecule has 0 radical (unpaired) electrons. The van der Waals surface area contributed by atoms with Crippen LogP contribution in [0.1, 0.15) is 12.5 Å².